The number of aryl methyl sites for hydroxylation is 2. The van der Waals surface area contributed by atoms with Crippen molar-refractivity contribution in [2.24, 2.45) is 7.05 Å². The van der Waals surface area contributed by atoms with Crippen LogP contribution in [0, 0.1) is 0 Å². The highest BCUT2D eigenvalue weighted by Gasteiger charge is 2.36. The van der Waals surface area contributed by atoms with Gasteiger partial charge >= 0.3 is 0 Å². The van der Waals surface area contributed by atoms with Crippen molar-refractivity contribution >= 4 is 0 Å². The third kappa shape index (κ3) is 2.19. The zero-order valence-corrected chi connectivity index (χ0v) is 11.5. The summed E-state index contributed by atoms with van der Waals surface area (Å²) < 4.78 is 1.94. The summed E-state index contributed by atoms with van der Waals surface area (Å²) in [5, 5.41) is 8.27. The molecule has 2 atom stereocenters. The van der Waals surface area contributed by atoms with Gasteiger partial charge in [0.2, 0.25) is 0 Å². The molecule has 2 unspecified atom stereocenters. The fraction of sp³-hybridized carbons (Fsp3) is 0.786. The van der Waals surface area contributed by atoms with E-state index in [1.807, 2.05) is 11.7 Å². The van der Waals surface area contributed by atoms with Crippen molar-refractivity contribution in [3.8, 4) is 0 Å². The first-order valence-electron chi connectivity index (χ1n) is 7.26. The van der Waals surface area contributed by atoms with E-state index in [9.17, 15) is 0 Å². The molecule has 18 heavy (non-hydrogen) atoms. The van der Waals surface area contributed by atoms with Crippen molar-refractivity contribution in [3.05, 3.63) is 17.5 Å². The van der Waals surface area contributed by atoms with Crippen LogP contribution in [0.2, 0.25) is 0 Å². The number of fused-ring (bicyclic) bond motifs is 1. The number of nitrogens with zero attached hydrogens (tertiary/aromatic N) is 3. The minimum absolute atomic E-state index is 0.692. The molecule has 2 aliphatic heterocycles. The molecule has 0 amide bonds. The molecule has 4 heteroatoms. The maximum absolute atomic E-state index is 4.51. The Kier molecular flexibility index (Phi) is 3.39. The molecule has 0 saturated carbocycles. The molecule has 1 N–H and O–H groups in total. The van der Waals surface area contributed by atoms with Crippen molar-refractivity contribution in [1.29, 1.82) is 0 Å². The molecule has 0 spiro atoms. The van der Waals surface area contributed by atoms with Gasteiger partial charge in [-0.25, -0.2) is 0 Å². The molecule has 0 bridgehead atoms. The van der Waals surface area contributed by atoms with E-state index in [-0.39, 0.29) is 0 Å². The molecule has 0 aromatic carbocycles. The molecule has 2 saturated heterocycles. The molecular formula is C14H24N4. The minimum Gasteiger partial charge on any atom is -0.308 e. The van der Waals surface area contributed by atoms with Crippen LogP contribution >= 0.6 is 0 Å². The number of hydrogen-bond donors (Lipinski definition) is 1. The van der Waals surface area contributed by atoms with Crippen LogP contribution < -0.4 is 5.32 Å². The molecule has 0 aliphatic carbocycles. The van der Waals surface area contributed by atoms with E-state index in [2.05, 4.69) is 28.4 Å². The quantitative estimate of drug-likeness (QED) is 0.872. The van der Waals surface area contributed by atoms with Gasteiger partial charge in [0.1, 0.15) is 0 Å². The monoisotopic (exact) mass is 248 g/mol. The lowest BCUT2D eigenvalue weighted by Gasteiger charge is -2.21. The summed E-state index contributed by atoms with van der Waals surface area (Å²) in [5.74, 6) is 0. The molecule has 3 heterocycles. The van der Waals surface area contributed by atoms with Crippen LogP contribution in [0.5, 0.6) is 0 Å². The lowest BCUT2D eigenvalue weighted by atomic mass is 10.1. The second-order valence-corrected chi connectivity index (χ2v) is 5.65. The van der Waals surface area contributed by atoms with Gasteiger partial charge in [-0.05, 0) is 32.2 Å². The highest BCUT2D eigenvalue weighted by Crippen LogP contribution is 2.28. The van der Waals surface area contributed by atoms with Crippen molar-refractivity contribution in [3.63, 3.8) is 0 Å². The second-order valence-electron chi connectivity index (χ2n) is 5.65. The zero-order chi connectivity index (χ0) is 12.5. The SMILES string of the molecule is CCc1nn(C)cc1CNC1CCN2CCCC12. The van der Waals surface area contributed by atoms with Crippen LogP contribution in [0.4, 0.5) is 0 Å². The maximum Gasteiger partial charge on any atom is 0.0666 e. The Balaban J connectivity index is 1.60. The maximum atomic E-state index is 4.51. The van der Waals surface area contributed by atoms with Crippen molar-refractivity contribution in [2.75, 3.05) is 13.1 Å². The molecule has 3 rings (SSSR count). The van der Waals surface area contributed by atoms with E-state index in [0.29, 0.717) is 6.04 Å². The molecule has 1 aromatic heterocycles. The van der Waals surface area contributed by atoms with Gasteiger partial charge in [0.15, 0.2) is 0 Å². The van der Waals surface area contributed by atoms with Crippen molar-refractivity contribution < 1.29 is 0 Å². The Morgan fingerprint density at radius 1 is 1.39 bits per heavy atom. The summed E-state index contributed by atoms with van der Waals surface area (Å²) in [7, 11) is 2.01. The van der Waals surface area contributed by atoms with Gasteiger partial charge in [0.05, 0.1) is 5.69 Å². The molecule has 4 nitrogen and oxygen atoms in total. The molecule has 2 fully saturated rings. The van der Waals surface area contributed by atoms with E-state index in [1.54, 1.807) is 0 Å². The standard InChI is InChI=1S/C14H24N4/c1-3-12-11(10-17(2)16-12)9-15-13-6-8-18-7-4-5-14(13)18/h10,13-15H,3-9H2,1-2H3. The molecule has 100 valence electrons. The van der Waals surface area contributed by atoms with Gasteiger partial charge in [-0.15, -0.1) is 0 Å². The topological polar surface area (TPSA) is 33.1 Å². The van der Waals surface area contributed by atoms with Crippen LogP contribution in [0.1, 0.15) is 37.4 Å². The predicted octanol–water partition coefficient (Wildman–Crippen LogP) is 1.31. The predicted molar refractivity (Wildman–Crippen MR) is 72.4 cm³/mol. The smallest absolute Gasteiger partial charge is 0.0666 e. The average Bonchev–Trinajstić information content (AvgIpc) is 3.01. The average molecular weight is 248 g/mol. The molecule has 2 aliphatic rings. The Labute approximate surface area is 109 Å². The van der Waals surface area contributed by atoms with E-state index >= 15 is 0 Å². The number of rotatable bonds is 4. The van der Waals surface area contributed by atoms with Gasteiger partial charge in [-0.2, -0.15) is 5.10 Å². The fourth-order valence-corrected chi connectivity index (χ4v) is 3.59. The van der Waals surface area contributed by atoms with Crippen LogP contribution in [-0.4, -0.2) is 39.9 Å². The summed E-state index contributed by atoms with van der Waals surface area (Å²) >= 11 is 0. The lowest BCUT2D eigenvalue weighted by Crippen LogP contribution is -2.38. The summed E-state index contributed by atoms with van der Waals surface area (Å²) in [5.41, 5.74) is 2.61. The normalized spacial score (nSPS) is 27.9. The van der Waals surface area contributed by atoms with Crippen LogP contribution in [-0.2, 0) is 20.0 Å². The van der Waals surface area contributed by atoms with E-state index < -0.39 is 0 Å². The highest BCUT2D eigenvalue weighted by atomic mass is 15.3. The summed E-state index contributed by atoms with van der Waals surface area (Å²) in [4.78, 5) is 2.65. The zero-order valence-electron chi connectivity index (χ0n) is 11.5. The van der Waals surface area contributed by atoms with Gasteiger partial charge in [0, 0.05) is 44.0 Å². The second kappa shape index (κ2) is 5.02. The van der Waals surface area contributed by atoms with Gasteiger partial charge < -0.3 is 5.32 Å². The number of aromatic nitrogens is 2. The minimum atomic E-state index is 0.692. The van der Waals surface area contributed by atoms with E-state index in [4.69, 9.17) is 0 Å². The van der Waals surface area contributed by atoms with Gasteiger partial charge in [-0.3, -0.25) is 9.58 Å². The lowest BCUT2D eigenvalue weighted by molar-refractivity contribution is 0.298. The number of hydrogen-bond acceptors (Lipinski definition) is 3. The van der Waals surface area contributed by atoms with Crippen molar-refractivity contribution in [2.45, 2.75) is 51.2 Å². The van der Waals surface area contributed by atoms with Crippen LogP contribution in [0.3, 0.4) is 0 Å². The molecule has 1 aromatic rings. The number of nitrogens with one attached hydrogen (secondary N) is 1. The first-order valence-corrected chi connectivity index (χ1v) is 7.26. The fourth-order valence-electron chi connectivity index (χ4n) is 3.59. The van der Waals surface area contributed by atoms with Gasteiger partial charge in [0.25, 0.3) is 0 Å². The van der Waals surface area contributed by atoms with Crippen LogP contribution in [0.25, 0.3) is 0 Å². The van der Waals surface area contributed by atoms with E-state index in [1.165, 1.54) is 43.6 Å². The third-order valence-corrected chi connectivity index (χ3v) is 4.49. The highest BCUT2D eigenvalue weighted by molar-refractivity contribution is 5.17. The molecule has 0 radical (unpaired) electrons. The Morgan fingerprint density at radius 3 is 3.11 bits per heavy atom. The summed E-state index contributed by atoms with van der Waals surface area (Å²) in [6.07, 6.45) is 7.26. The Bertz CT molecular complexity index is 412. The van der Waals surface area contributed by atoms with Crippen LogP contribution in [0.15, 0.2) is 6.20 Å². The van der Waals surface area contributed by atoms with E-state index in [0.717, 1.165) is 19.0 Å². The van der Waals surface area contributed by atoms with Crippen molar-refractivity contribution in [1.82, 2.24) is 20.0 Å². The Hall–Kier alpha value is -0.870. The summed E-state index contributed by atoms with van der Waals surface area (Å²) in [6.45, 7) is 5.76. The first-order chi connectivity index (χ1) is 8.78. The third-order valence-electron chi connectivity index (χ3n) is 4.49. The Morgan fingerprint density at radius 2 is 2.28 bits per heavy atom. The van der Waals surface area contributed by atoms with Gasteiger partial charge in [-0.1, -0.05) is 6.92 Å². The molecular weight excluding hydrogens is 224 g/mol. The summed E-state index contributed by atoms with van der Waals surface area (Å²) in [6, 6.07) is 1.49. The largest absolute Gasteiger partial charge is 0.308 e. The first kappa shape index (κ1) is 12.2.